The van der Waals surface area contributed by atoms with Gasteiger partial charge in [0.15, 0.2) is 5.69 Å². The zero-order valence-electron chi connectivity index (χ0n) is 10.8. The second-order valence-corrected chi connectivity index (χ2v) is 5.26. The third-order valence-electron chi connectivity index (χ3n) is 3.57. The Balaban J connectivity index is 2.34. The fourth-order valence-electron chi connectivity index (χ4n) is 2.65. The highest BCUT2D eigenvalue weighted by Crippen LogP contribution is 2.31. The van der Waals surface area contributed by atoms with Crippen LogP contribution in [0, 0.1) is 17.1 Å². The maximum absolute atomic E-state index is 14.1. The highest BCUT2D eigenvalue weighted by Gasteiger charge is 2.30. The summed E-state index contributed by atoms with van der Waals surface area (Å²) in [5, 5.41) is 9.45. The fourth-order valence-corrected chi connectivity index (χ4v) is 2.81. The number of hydrogen-bond acceptors (Lipinski definition) is 2. The number of fused-ring (bicyclic) bond motifs is 1. The minimum Gasteiger partial charge on any atom is -0.292 e. The third-order valence-corrected chi connectivity index (χ3v) is 3.81. The zero-order chi connectivity index (χ0) is 15.1. The Morgan fingerprint density at radius 1 is 1.43 bits per heavy atom. The highest BCUT2D eigenvalue weighted by atomic mass is 35.5. The molecule has 0 saturated heterocycles. The molecule has 1 aliphatic heterocycles. The average Bonchev–Trinajstić information content (AvgIpc) is 2.73. The molecule has 0 spiro atoms. The van der Waals surface area contributed by atoms with Gasteiger partial charge in [-0.15, -0.1) is 0 Å². The van der Waals surface area contributed by atoms with Gasteiger partial charge in [-0.1, -0.05) is 11.6 Å². The summed E-state index contributed by atoms with van der Waals surface area (Å²) in [6.45, 7) is 0.325. The molecule has 2 aromatic rings. The van der Waals surface area contributed by atoms with E-state index in [2.05, 4.69) is 0 Å². The van der Waals surface area contributed by atoms with Crippen LogP contribution in [0.4, 0.5) is 8.78 Å². The number of rotatable bonds is 1. The molecule has 1 unspecified atom stereocenters. The van der Waals surface area contributed by atoms with Crippen molar-refractivity contribution < 1.29 is 8.78 Å². The average molecular weight is 310 g/mol. The number of nitriles is 1. The molecule has 0 radical (unpaired) electrons. The Morgan fingerprint density at radius 3 is 2.86 bits per heavy atom. The Morgan fingerprint density at radius 2 is 2.19 bits per heavy atom. The summed E-state index contributed by atoms with van der Waals surface area (Å²) in [5.74, 6) is -0.737. The summed E-state index contributed by atoms with van der Waals surface area (Å²) in [5.41, 5.74) is -0.836. The van der Waals surface area contributed by atoms with Crippen molar-refractivity contribution in [3.05, 3.63) is 50.9 Å². The van der Waals surface area contributed by atoms with Crippen LogP contribution in [0.3, 0.4) is 0 Å². The predicted octanol–water partition coefficient (Wildman–Crippen LogP) is 3.11. The van der Waals surface area contributed by atoms with E-state index < -0.39 is 17.7 Å². The van der Waals surface area contributed by atoms with E-state index in [0.717, 1.165) is 10.6 Å². The van der Waals surface area contributed by atoms with Crippen LogP contribution >= 0.6 is 11.6 Å². The molecular formula is C14H10ClF2N3O. The summed E-state index contributed by atoms with van der Waals surface area (Å²) in [6.07, 6.45) is -0.634. The normalized spacial score (nSPS) is 17.3. The van der Waals surface area contributed by atoms with E-state index in [1.165, 1.54) is 16.7 Å². The molecule has 0 bridgehead atoms. The van der Waals surface area contributed by atoms with Crippen LogP contribution in [0.5, 0.6) is 0 Å². The molecule has 108 valence electrons. The van der Waals surface area contributed by atoms with Crippen molar-refractivity contribution in [2.24, 2.45) is 0 Å². The maximum atomic E-state index is 14.1. The van der Waals surface area contributed by atoms with Crippen LogP contribution in [-0.2, 0) is 6.54 Å². The molecule has 7 heteroatoms. The molecule has 0 amide bonds. The monoisotopic (exact) mass is 309 g/mol. The Bertz CT molecular complexity index is 819. The van der Waals surface area contributed by atoms with E-state index in [0.29, 0.717) is 13.0 Å². The predicted molar refractivity (Wildman–Crippen MR) is 72.8 cm³/mol. The zero-order valence-corrected chi connectivity index (χ0v) is 11.6. The lowest BCUT2D eigenvalue weighted by molar-refractivity contribution is 0.266. The van der Waals surface area contributed by atoms with Crippen LogP contribution in [0.2, 0.25) is 5.02 Å². The van der Waals surface area contributed by atoms with Crippen LogP contribution in [0.15, 0.2) is 23.0 Å². The van der Waals surface area contributed by atoms with E-state index >= 15 is 0 Å². The van der Waals surface area contributed by atoms with Gasteiger partial charge >= 0.3 is 5.69 Å². The Hall–Kier alpha value is -2.13. The van der Waals surface area contributed by atoms with Gasteiger partial charge in [-0.25, -0.2) is 18.1 Å². The van der Waals surface area contributed by atoms with E-state index in [4.69, 9.17) is 11.6 Å². The summed E-state index contributed by atoms with van der Waals surface area (Å²) in [4.78, 5) is 12.4. The van der Waals surface area contributed by atoms with E-state index in [9.17, 15) is 18.8 Å². The molecule has 0 aliphatic carbocycles. The first-order valence-electron chi connectivity index (χ1n) is 6.39. The van der Waals surface area contributed by atoms with Crippen molar-refractivity contribution in [2.75, 3.05) is 0 Å². The fraction of sp³-hybridized carbons (Fsp3) is 0.286. The summed E-state index contributed by atoms with van der Waals surface area (Å²) >= 11 is 5.68. The molecule has 21 heavy (non-hydrogen) atoms. The third kappa shape index (κ3) is 2.05. The van der Waals surface area contributed by atoms with Crippen LogP contribution in [0.25, 0.3) is 5.69 Å². The van der Waals surface area contributed by atoms with Gasteiger partial charge in [-0.3, -0.25) is 4.57 Å². The van der Waals surface area contributed by atoms with E-state index in [1.54, 1.807) is 0 Å². The first-order chi connectivity index (χ1) is 10.0. The summed E-state index contributed by atoms with van der Waals surface area (Å²) in [7, 11) is 0. The van der Waals surface area contributed by atoms with Gasteiger partial charge in [-0.2, -0.15) is 5.26 Å². The van der Waals surface area contributed by atoms with Gasteiger partial charge in [0.2, 0.25) is 0 Å². The van der Waals surface area contributed by atoms with Crippen LogP contribution < -0.4 is 5.69 Å². The number of halogens is 3. The SMILES string of the molecule is N#Cc1c2n(c(=O)n1-c1ccc(Cl)cc1F)CCCC2F. The van der Waals surface area contributed by atoms with Crippen molar-refractivity contribution in [1.29, 1.82) is 5.26 Å². The molecule has 1 aliphatic rings. The number of benzene rings is 1. The summed E-state index contributed by atoms with van der Waals surface area (Å²) < 4.78 is 30.2. The number of hydrogen-bond donors (Lipinski definition) is 0. The van der Waals surface area contributed by atoms with Gasteiger partial charge in [0.25, 0.3) is 0 Å². The number of imidazole rings is 1. The Labute approximate surface area is 123 Å². The molecule has 1 atom stereocenters. The van der Waals surface area contributed by atoms with E-state index in [-0.39, 0.29) is 28.5 Å². The van der Waals surface area contributed by atoms with Crippen LogP contribution in [0.1, 0.15) is 30.4 Å². The van der Waals surface area contributed by atoms with Gasteiger partial charge in [0, 0.05) is 11.6 Å². The number of alkyl halides is 1. The van der Waals surface area contributed by atoms with Crippen molar-refractivity contribution in [3.63, 3.8) is 0 Å². The smallest absolute Gasteiger partial charge is 0.292 e. The van der Waals surface area contributed by atoms with Crippen molar-refractivity contribution in [1.82, 2.24) is 9.13 Å². The molecule has 1 aromatic heterocycles. The highest BCUT2D eigenvalue weighted by molar-refractivity contribution is 6.30. The lowest BCUT2D eigenvalue weighted by atomic mass is 10.1. The standard InChI is InChI=1S/C14H10ClF2N3O/c15-8-3-4-11(10(17)6-8)20-12(7-18)13-9(16)2-1-5-19(13)14(20)21/h3-4,6,9H,1-2,5H2. The second-order valence-electron chi connectivity index (χ2n) is 4.82. The van der Waals surface area contributed by atoms with Crippen molar-refractivity contribution in [2.45, 2.75) is 25.6 Å². The second kappa shape index (κ2) is 5.01. The topological polar surface area (TPSA) is 50.7 Å². The molecule has 0 fully saturated rings. The van der Waals surface area contributed by atoms with Gasteiger partial charge in [0.05, 0.1) is 11.4 Å². The van der Waals surface area contributed by atoms with Gasteiger partial charge < -0.3 is 0 Å². The minimum absolute atomic E-state index is 0.0306. The molecule has 0 saturated carbocycles. The van der Waals surface area contributed by atoms with Crippen LogP contribution in [-0.4, -0.2) is 9.13 Å². The maximum Gasteiger partial charge on any atom is 0.334 e. The molecule has 0 N–H and O–H groups in total. The molecule has 2 heterocycles. The van der Waals surface area contributed by atoms with Gasteiger partial charge in [0.1, 0.15) is 18.1 Å². The molecule has 4 nitrogen and oxygen atoms in total. The largest absolute Gasteiger partial charge is 0.334 e. The molecule has 3 rings (SSSR count). The van der Waals surface area contributed by atoms with Gasteiger partial charge in [-0.05, 0) is 31.0 Å². The van der Waals surface area contributed by atoms with Crippen molar-refractivity contribution >= 4 is 11.6 Å². The lowest BCUT2D eigenvalue weighted by Gasteiger charge is -2.16. The Kier molecular flexibility index (Phi) is 3.30. The number of aromatic nitrogens is 2. The summed E-state index contributed by atoms with van der Waals surface area (Å²) in [6, 6.07) is 5.59. The quantitative estimate of drug-likeness (QED) is 0.812. The van der Waals surface area contributed by atoms with Crippen molar-refractivity contribution in [3.8, 4) is 11.8 Å². The first-order valence-corrected chi connectivity index (χ1v) is 6.77. The molecule has 1 aromatic carbocycles. The lowest BCUT2D eigenvalue weighted by Crippen LogP contribution is -2.27. The first kappa shape index (κ1) is 13.8. The molecular weight excluding hydrogens is 300 g/mol. The minimum atomic E-state index is -1.39. The number of nitrogens with zero attached hydrogens (tertiary/aromatic N) is 3. The van der Waals surface area contributed by atoms with E-state index in [1.807, 2.05) is 6.07 Å².